The number of allylic oxidation sites excluding steroid dienone is 2. The standard InChI is InChI=1S/C19H18BrNO/c1-22-14-9-10-18-17(11-14)15-3-2-4-16(15)19(21-18)12-5-7-13(20)8-6-12/h2-3,5-11,15-16,19,21H,4H2,1H3/t15-,16+,19-/m0/s1. The molecule has 112 valence electrons. The molecule has 3 heteroatoms. The summed E-state index contributed by atoms with van der Waals surface area (Å²) in [7, 11) is 1.73. The highest BCUT2D eigenvalue weighted by Gasteiger charge is 2.37. The quantitative estimate of drug-likeness (QED) is 0.739. The zero-order chi connectivity index (χ0) is 15.1. The van der Waals surface area contributed by atoms with E-state index in [4.69, 9.17) is 4.74 Å². The number of rotatable bonds is 2. The fourth-order valence-electron chi connectivity index (χ4n) is 3.70. The van der Waals surface area contributed by atoms with Crippen LogP contribution in [0.1, 0.15) is 29.5 Å². The van der Waals surface area contributed by atoms with Crippen LogP contribution in [0, 0.1) is 5.92 Å². The number of halogens is 1. The molecule has 2 aromatic rings. The number of hydrogen-bond acceptors (Lipinski definition) is 2. The smallest absolute Gasteiger partial charge is 0.119 e. The van der Waals surface area contributed by atoms with E-state index in [9.17, 15) is 0 Å². The third-order valence-electron chi connectivity index (χ3n) is 4.80. The van der Waals surface area contributed by atoms with Gasteiger partial charge in [-0.05, 0) is 53.8 Å². The van der Waals surface area contributed by atoms with Crippen molar-refractivity contribution < 1.29 is 4.74 Å². The van der Waals surface area contributed by atoms with Crippen LogP contribution >= 0.6 is 15.9 Å². The molecule has 0 saturated heterocycles. The average molecular weight is 356 g/mol. The Labute approximate surface area is 139 Å². The van der Waals surface area contributed by atoms with Crippen LogP contribution in [0.2, 0.25) is 0 Å². The summed E-state index contributed by atoms with van der Waals surface area (Å²) < 4.78 is 6.52. The van der Waals surface area contributed by atoms with Crippen LogP contribution in [0.3, 0.4) is 0 Å². The third kappa shape index (κ3) is 2.24. The number of anilines is 1. The molecule has 1 N–H and O–H groups in total. The number of nitrogens with one attached hydrogen (secondary N) is 1. The molecule has 1 heterocycles. The van der Waals surface area contributed by atoms with Gasteiger partial charge >= 0.3 is 0 Å². The van der Waals surface area contributed by atoms with Crippen molar-refractivity contribution in [2.24, 2.45) is 5.92 Å². The van der Waals surface area contributed by atoms with Gasteiger partial charge in [-0.2, -0.15) is 0 Å². The molecule has 0 fully saturated rings. The highest BCUT2D eigenvalue weighted by Crippen LogP contribution is 2.50. The SMILES string of the molecule is COc1ccc2c(c1)[C@H]1C=CC[C@H]1[C@H](c1ccc(Br)cc1)N2. The van der Waals surface area contributed by atoms with Gasteiger partial charge < -0.3 is 10.1 Å². The Morgan fingerprint density at radius 1 is 1.14 bits per heavy atom. The molecule has 2 aromatic carbocycles. The fraction of sp³-hybridized carbons (Fsp3) is 0.263. The number of hydrogen-bond donors (Lipinski definition) is 1. The van der Waals surface area contributed by atoms with Crippen LogP contribution in [-0.4, -0.2) is 7.11 Å². The van der Waals surface area contributed by atoms with Gasteiger partial charge in [0.25, 0.3) is 0 Å². The fourth-order valence-corrected chi connectivity index (χ4v) is 3.96. The lowest BCUT2D eigenvalue weighted by Crippen LogP contribution is -2.29. The van der Waals surface area contributed by atoms with Gasteiger partial charge in [-0.1, -0.05) is 40.2 Å². The minimum Gasteiger partial charge on any atom is -0.497 e. The lowest BCUT2D eigenvalue weighted by atomic mass is 9.77. The van der Waals surface area contributed by atoms with Gasteiger partial charge in [0, 0.05) is 16.1 Å². The Balaban J connectivity index is 1.76. The van der Waals surface area contributed by atoms with Gasteiger partial charge in [0.15, 0.2) is 0 Å². The minimum atomic E-state index is 0.356. The summed E-state index contributed by atoms with van der Waals surface area (Å²) in [6, 6.07) is 15.4. The normalized spacial score (nSPS) is 25.3. The van der Waals surface area contributed by atoms with Crippen molar-refractivity contribution in [3.05, 3.63) is 70.2 Å². The first kappa shape index (κ1) is 13.9. The molecule has 0 radical (unpaired) electrons. The summed E-state index contributed by atoms with van der Waals surface area (Å²) in [6.07, 6.45) is 5.79. The molecular formula is C19H18BrNO. The number of ether oxygens (including phenoxy) is 1. The van der Waals surface area contributed by atoms with Gasteiger partial charge in [0.1, 0.15) is 5.75 Å². The molecule has 1 aliphatic carbocycles. The molecule has 3 atom stereocenters. The summed E-state index contributed by atoms with van der Waals surface area (Å²) >= 11 is 3.52. The maximum absolute atomic E-state index is 5.40. The molecule has 2 nitrogen and oxygen atoms in total. The van der Waals surface area contributed by atoms with E-state index in [0.29, 0.717) is 17.9 Å². The van der Waals surface area contributed by atoms with E-state index in [2.05, 4.69) is 69.8 Å². The number of fused-ring (bicyclic) bond motifs is 3. The Kier molecular flexibility index (Phi) is 3.45. The van der Waals surface area contributed by atoms with Crippen LogP contribution in [0.15, 0.2) is 59.1 Å². The van der Waals surface area contributed by atoms with E-state index in [1.165, 1.54) is 16.8 Å². The summed E-state index contributed by atoms with van der Waals surface area (Å²) in [5.74, 6) is 1.97. The molecule has 22 heavy (non-hydrogen) atoms. The third-order valence-corrected chi connectivity index (χ3v) is 5.33. The first-order chi connectivity index (χ1) is 10.8. The largest absolute Gasteiger partial charge is 0.497 e. The molecule has 0 spiro atoms. The molecule has 1 aliphatic heterocycles. The molecule has 0 aromatic heterocycles. The molecular weight excluding hydrogens is 338 g/mol. The van der Waals surface area contributed by atoms with Crippen LogP contribution in [0.25, 0.3) is 0 Å². The lowest BCUT2D eigenvalue weighted by molar-refractivity contribution is 0.405. The first-order valence-electron chi connectivity index (χ1n) is 7.63. The highest BCUT2D eigenvalue weighted by atomic mass is 79.9. The van der Waals surface area contributed by atoms with Crippen LogP contribution < -0.4 is 10.1 Å². The predicted molar refractivity (Wildman–Crippen MR) is 93.5 cm³/mol. The average Bonchev–Trinajstić information content (AvgIpc) is 3.04. The first-order valence-corrected chi connectivity index (χ1v) is 8.42. The topological polar surface area (TPSA) is 21.3 Å². The van der Waals surface area contributed by atoms with Crippen LogP contribution in [-0.2, 0) is 0 Å². The molecule has 2 aliphatic rings. The van der Waals surface area contributed by atoms with E-state index in [0.717, 1.165) is 16.6 Å². The Morgan fingerprint density at radius 2 is 1.95 bits per heavy atom. The van der Waals surface area contributed by atoms with Gasteiger partial charge in [0.2, 0.25) is 0 Å². The predicted octanol–water partition coefficient (Wildman–Crippen LogP) is 5.28. The summed E-state index contributed by atoms with van der Waals surface area (Å²) in [5, 5.41) is 3.74. The highest BCUT2D eigenvalue weighted by molar-refractivity contribution is 9.10. The maximum Gasteiger partial charge on any atom is 0.119 e. The van der Waals surface area contributed by atoms with Gasteiger partial charge in [-0.3, -0.25) is 0 Å². The summed E-state index contributed by atoms with van der Waals surface area (Å²) in [5.41, 5.74) is 3.93. The molecule has 0 amide bonds. The second-order valence-electron chi connectivity index (χ2n) is 5.98. The van der Waals surface area contributed by atoms with Crippen molar-refractivity contribution in [2.45, 2.75) is 18.4 Å². The summed E-state index contributed by atoms with van der Waals surface area (Å²) in [6.45, 7) is 0. The van der Waals surface area contributed by atoms with Crippen molar-refractivity contribution in [3.8, 4) is 5.75 Å². The zero-order valence-corrected chi connectivity index (χ0v) is 14.0. The second-order valence-corrected chi connectivity index (χ2v) is 6.90. The minimum absolute atomic E-state index is 0.356. The Bertz CT molecular complexity index is 723. The zero-order valence-electron chi connectivity index (χ0n) is 12.4. The van der Waals surface area contributed by atoms with Gasteiger partial charge in [0.05, 0.1) is 13.2 Å². The number of benzene rings is 2. The second kappa shape index (κ2) is 5.47. The van der Waals surface area contributed by atoms with Crippen LogP contribution in [0.4, 0.5) is 5.69 Å². The van der Waals surface area contributed by atoms with Gasteiger partial charge in [-0.25, -0.2) is 0 Å². The van der Waals surface area contributed by atoms with Crippen molar-refractivity contribution in [3.63, 3.8) is 0 Å². The van der Waals surface area contributed by atoms with E-state index >= 15 is 0 Å². The molecule has 0 bridgehead atoms. The van der Waals surface area contributed by atoms with Crippen molar-refractivity contribution >= 4 is 21.6 Å². The van der Waals surface area contributed by atoms with Crippen LogP contribution in [0.5, 0.6) is 5.75 Å². The Morgan fingerprint density at radius 3 is 2.73 bits per heavy atom. The van der Waals surface area contributed by atoms with Crippen molar-refractivity contribution in [1.29, 1.82) is 0 Å². The van der Waals surface area contributed by atoms with E-state index in [1.54, 1.807) is 7.11 Å². The summed E-state index contributed by atoms with van der Waals surface area (Å²) in [4.78, 5) is 0. The molecule has 4 rings (SSSR count). The Hall–Kier alpha value is -1.74. The maximum atomic E-state index is 5.40. The number of methoxy groups -OCH3 is 1. The van der Waals surface area contributed by atoms with Crippen molar-refractivity contribution in [2.75, 3.05) is 12.4 Å². The van der Waals surface area contributed by atoms with E-state index in [1.807, 2.05) is 6.07 Å². The van der Waals surface area contributed by atoms with Gasteiger partial charge in [-0.15, -0.1) is 0 Å². The monoisotopic (exact) mass is 355 g/mol. The van der Waals surface area contributed by atoms with E-state index in [-0.39, 0.29) is 0 Å². The molecule has 0 saturated carbocycles. The molecule has 0 unspecified atom stereocenters. The lowest BCUT2D eigenvalue weighted by Gasteiger charge is -2.37. The van der Waals surface area contributed by atoms with Crippen molar-refractivity contribution in [1.82, 2.24) is 0 Å². The van der Waals surface area contributed by atoms with E-state index < -0.39 is 0 Å².